The van der Waals surface area contributed by atoms with E-state index >= 15 is 0 Å². The normalized spacial score (nSPS) is 11.8. The van der Waals surface area contributed by atoms with E-state index in [2.05, 4.69) is 43.5 Å². The fraction of sp³-hybridized carbons (Fsp3) is 0.923. The average molecular weight is 332 g/mol. The zero-order chi connectivity index (χ0) is 14.0. The Morgan fingerprint density at radius 1 is 1.25 bits per heavy atom. The Hall–Kier alpha value is -0.0700. The maximum atomic E-state index is 11.6. The van der Waals surface area contributed by atoms with Gasteiger partial charge >= 0.3 is 0 Å². The molecule has 0 spiro atoms. The molecule has 0 aromatic rings. The second kappa shape index (κ2) is 15.3. The molecule has 2 N–H and O–H groups in total. The van der Waals surface area contributed by atoms with Gasteiger partial charge in [0.15, 0.2) is 0 Å². The van der Waals surface area contributed by atoms with Crippen LogP contribution in [0, 0.1) is 5.92 Å². The highest BCUT2D eigenvalue weighted by atomic mass is 35.5. The minimum absolute atomic E-state index is 0. The largest absolute Gasteiger partial charge is 0.383 e. The number of hydrogen-bond acceptors (Lipinski definition) is 4. The predicted molar refractivity (Wildman–Crippen MR) is 89.2 cm³/mol. The lowest BCUT2D eigenvalue weighted by Crippen LogP contribution is -2.43. The van der Waals surface area contributed by atoms with Crippen molar-refractivity contribution in [1.82, 2.24) is 15.5 Å². The Morgan fingerprint density at radius 2 is 1.85 bits per heavy atom. The van der Waals surface area contributed by atoms with Crippen LogP contribution in [0.4, 0.5) is 0 Å². The van der Waals surface area contributed by atoms with Gasteiger partial charge in [-0.3, -0.25) is 4.79 Å². The Kier molecular flexibility index (Phi) is 19.1. The van der Waals surface area contributed by atoms with E-state index in [1.54, 1.807) is 7.11 Å². The van der Waals surface area contributed by atoms with Crippen molar-refractivity contribution in [2.24, 2.45) is 5.92 Å². The minimum atomic E-state index is 0. The number of halogens is 2. The standard InChI is InChI=1S/C13H29N3O2.2ClH/c1-11(2)8-12(16(3)4)9-15-13(17)10-14-6-7-18-5;;/h11-12,14H,6-10H2,1-5H3,(H,15,17);2*1H. The van der Waals surface area contributed by atoms with Crippen molar-refractivity contribution in [1.29, 1.82) is 0 Å². The molecule has 0 bridgehead atoms. The van der Waals surface area contributed by atoms with Crippen LogP contribution >= 0.6 is 24.8 Å². The maximum Gasteiger partial charge on any atom is 0.234 e. The molecule has 0 aromatic heterocycles. The fourth-order valence-corrected chi connectivity index (χ4v) is 1.69. The molecule has 20 heavy (non-hydrogen) atoms. The number of hydrogen-bond donors (Lipinski definition) is 2. The van der Waals surface area contributed by atoms with Gasteiger partial charge in [-0.05, 0) is 26.4 Å². The Morgan fingerprint density at radius 3 is 2.30 bits per heavy atom. The molecule has 0 aromatic carbocycles. The van der Waals surface area contributed by atoms with Crippen molar-refractivity contribution >= 4 is 30.7 Å². The third-order valence-corrected chi connectivity index (χ3v) is 2.78. The molecule has 0 saturated heterocycles. The Balaban J connectivity index is -0.00000144. The molecule has 0 aliphatic heterocycles. The first kappa shape index (κ1) is 24.9. The molecule has 124 valence electrons. The van der Waals surface area contributed by atoms with Crippen LogP contribution < -0.4 is 10.6 Å². The third-order valence-electron chi connectivity index (χ3n) is 2.78. The van der Waals surface area contributed by atoms with Crippen LogP contribution in [0.3, 0.4) is 0 Å². The van der Waals surface area contributed by atoms with Gasteiger partial charge in [-0.25, -0.2) is 0 Å². The molecule has 0 rings (SSSR count). The zero-order valence-electron chi connectivity index (χ0n) is 13.3. The van der Waals surface area contributed by atoms with Crippen LogP contribution in [0.5, 0.6) is 0 Å². The predicted octanol–water partition coefficient (Wildman–Crippen LogP) is 1.16. The monoisotopic (exact) mass is 331 g/mol. The number of methoxy groups -OCH3 is 1. The van der Waals surface area contributed by atoms with Gasteiger partial charge in [0.1, 0.15) is 0 Å². The number of ether oxygens (including phenoxy) is 1. The van der Waals surface area contributed by atoms with E-state index in [0.29, 0.717) is 38.2 Å². The van der Waals surface area contributed by atoms with Crippen molar-refractivity contribution in [2.75, 3.05) is 47.4 Å². The highest BCUT2D eigenvalue weighted by Crippen LogP contribution is 2.07. The quantitative estimate of drug-likeness (QED) is 0.590. The molecule has 0 aliphatic carbocycles. The summed E-state index contributed by atoms with van der Waals surface area (Å²) < 4.78 is 4.90. The van der Waals surface area contributed by atoms with Gasteiger partial charge < -0.3 is 20.3 Å². The highest BCUT2D eigenvalue weighted by molar-refractivity contribution is 5.85. The van der Waals surface area contributed by atoms with E-state index in [9.17, 15) is 4.79 Å². The van der Waals surface area contributed by atoms with Crippen molar-refractivity contribution in [3.63, 3.8) is 0 Å². The first-order chi connectivity index (χ1) is 8.47. The van der Waals surface area contributed by atoms with Gasteiger partial charge in [0.25, 0.3) is 0 Å². The van der Waals surface area contributed by atoms with Crippen LogP contribution in [-0.2, 0) is 9.53 Å². The smallest absolute Gasteiger partial charge is 0.234 e. The summed E-state index contributed by atoms with van der Waals surface area (Å²) in [6.45, 7) is 6.78. The number of amides is 1. The number of carbonyl (C=O) groups is 1. The second-order valence-electron chi connectivity index (χ2n) is 5.22. The third kappa shape index (κ3) is 14.3. The van der Waals surface area contributed by atoms with Gasteiger partial charge in [0, 0.05) is 26.2 Å². The number of nitrogens with one attached hydrogen (secondary N) is 2. The maximum absolute atomic E-state index is 11.6. The van der Waals surface area contributed by atoms with Crippen LogP contribution in [0.2, 0.25) is 0 Å². The summed E-state index contributed by atoms with van der Waals surface area (Å²) in [5.74, 6) is 0.677. The zero-order valence-corrected chi connectivity index (χ0v) is 14.9. The second-order valence-corrected chi connectivity index (χ2v) is 5.22. The van der Waals surface area contributed by atoms with Crippen LogP contribution in [0.25, 0.3) is 0 Å². The molecule has 0 radical (unpaired) electrons. The molecule has 1 atom stereocenters. The van der Waals surface area contributed by atoms with E-state index < -0.39 is 0 Å². The van der Waals surface area contributed by atoms with Gasteiger partial charge in [-0.15, -0.1) is 24.8 Å². The van der Waals surface area contributed by atoms with Crippen molar-refractivity contribution in [3.05, 3.63) is 0 Å². The molecule has 5 nitrogen and oxygen atoms in total. The number of carbonyl (C=O) groups excluding carboxylic acids is 1. The van der Waals surface area contributed by atoms with Crippen molar-refractivity contribution in [2.45, 2.75) is 26.3 Å². The summed E-state index contributed by atoms with van der Waals surface area (Å²) in [5.41, 5.74) is 0. The van der Waals surface area contributed by atoms with E-state index in [0.717, 1.165) is 6.42 Å². The van der Waals surface area contributed by atoms with Gasteiger partial charge in [0.05, 0.1) is 13.2 Å². The molecule has 0 saturated carbocycles. The minimum Gasteiger partial charge on any atom is -0.383 e. The average Bonchev–Trinajstić information content (AvgIpc) is 2.29. The van der Waals surface area contributed by atoms with Crippen molar-refractivity contribution < 1.29 is 9.53 Å². The molecule has 1 amide bonds. The number of rotatable bonds is 10. The molecule has 0 heterocycles. The first-order valence-electron chi connectivity index (χ1n) is 6.60. The van der Waals surface area contributed by atoms with Crippen LogP contribution in [-0.4, -0.2) is 64.3 Å². The SMILES string of the molecule is COCCNCC(=O)NCC(CC(C)C)N(C)C.Cl.Cl. The summed E-state index contributed by atoms with van der Waals surface area (Å²) in [7, 11) is 5.75. The van der Waals surface area contributed by atoms with Gasteiger partial charge in [-0.1, -0.05) is 13.8 Å². The first-order valence-corrected chi connectivity index (χ1v) is 6.60. The lowest BCUT2D eigenvalue weighted by molar-refractivity contribution is -0.120. The van der Waals surface area contributed by atoms with Gasteiger partial charge in [0.2, 0.25) is 5.91 Å². The van der Waals surface area contributed by atoms with Crippen molar-refractivity contribution in [3.8, 4) is 0 Å². The van der Waals surface area contributed by atoms with Gasteiger partial charge in [-0.2, -0.15) is 0 Å². The van der Waals surface area contributed by atoms with E-state index in [4.69, 9.17) is 4.74 Å². The molecule has 1 unspecified atom stereocenters. The lowest BCUT2D eigenvalue weighted by atomic mass is 10.0. The molecule has 0 fully saturated rings. The highest BCUT2D eigenvalue weighted by Gasteiger charge is 2.14. The van der Waals surface area contributed by atoms with Crippen LogP contribution in [0.1, 0.15) is 20.3 Å². The molecule has 0 aliphatic rings. The van der Waals surface area contributed by atoms with E-state index in [1.165, 1.54) is 0 Å². The fourth-order valence-electron chi connectivity index (χ4n) is 1.69. The lowest BCUT2D eigenvalue weighted by Gasteiger charge is -2.26. The summed E-state index contributed by atoms with van der Waals surface area (Å²) in [6, 6.07) is 0.396. The van der Waals surface area contributed by atoms with E-state index in [1.807, 2.05) is 0 Å². The summed E-state index contributed by atoms with van der Waals surface area (Å²) in [4.78, 5) is 13.8. The number of nitrogens with zero attached hydrogens (tertiary/aromatic N) is 1. The summed E-state index contributed by atoms with van der Waals surface area (Å²) >= 11 is 0. The Bertz CT molecular complexity index is 230. The summed E-state index contributed by atoms with van der Waals surface area (Å²) in [5, 5.41) is 5.99. The topological polar surface area (TPSA) is 53.6 Å². The number of likely N-dealkylation sites (N-methyl/N-ethyl adjacent to an activating group) is 1. The summed E-state index contributed by atoms with van der Waals surface area (Å²) in [6.07, 6.45) is 1.09. The molecule has 7 heteroatoms. The molecular formula is C13H31Cl2N3O2. The molecular weight excluding hydrogens is 301 g/mol. The Labute approximate surface area is 136 Å². The van der Waals surface area contributed by atoms with Crippen LogP contribution in [0.15, 0.2) is 0 Å². The van der Waals surface area contributed by atoms with E-state index in [-0.39, 0.29) is 30.7 Å².